The third kappa shape index (κ3) is 3.62. The van der Waals surface area contributed by atoms with Crippen LogP contribution in [0.25, 0.3) is 0 Å². The zero-order chi connectivity index (χ0) is 16.9. The van der Waals surface area contributed by atoms with Gasteiger partial charge in [0.05, 0.1) is 18.0 Å². The van der Waals surface area contributed by atoms with Gasteiger partial charge in [0.2, 0.25) is 5.88 Å². The maximum atomic E-state index is 12.7. The van der Waals surface area contributed by atoms with Gasteiger partial charge in [-0.05, 0) is 50.1 Å². The number of hydrogen-bond donors (Lipinski definition) is 1. The van der Waals surface area contributed by atoms with Crippen molar-refractivity contribution in [2.24, 2.45) is 0 Å². The molecule has 1 aromatic heterocycles. The number of carbonyl (C=O) groups excluding carboxylic acids is 1. The van der Waals surface area contributed by atoms with Gasteiger partial charge in [0.25, 0.3) is 5.91 Å². The molecule has 1 aromatic carbocycles. The first-order valence-corrected chi connectivity index (χ1v) is 8.50. The second kappa shape index (κ2) is 7.53. The Morgan fingerprint density at radius 3 is 2.88 bits per heavy atom. The standard InChI is InChI=1S/C18H20ClN3O2/c1-2-24-18-14(6-5-9-20-18)17(23)21-15-12-13(19)7-8-16(15)22-10-3-4-11-22/h5-9,12H,2-4,10-11H2,1H3,(H,21,23). The lowest BCUT2D eigenvalue weighted by molar-refractivity contribution is 0.102. The van der Waals surface area contributed by atoms with Gasteiger partial charge in [-0.3, -0.25) is 4.79 Å². The van der Waals surface area contributed by atoms with E-state index in [4.69, 9.17) is 16.3 Å². The van der Waals surface area contributed by atoms with Crippen LogP contribution >= 0.6 is 11.6 Å². The summed E-state index contributed by atoms with van der Waals surface area (Å²) in [6.07, 6.45) is 3.93. The van der Waals surface area contributed by atoms with Gasteiger partial charge in [-0.2, -0.15) is 0 Å². The number of aromatic nitrogens is 1. The van der Waals surface area contributed by atoms with Gasteiger partial charge >= 0.3 is 0 Å². The summed E-state index contributed by atoms with van der Waals surface area (Å²) >= 11 is 6.13. The minimum atomic E-state index is -0.255. The van der Waals surface area contributed by atoms with Gasteiger partial charge in [0.15, 0.2) is 0 Å². The van der Waals surface area contributed by atoms with E-state index >= 15 is 0 Å². The van der Waals surface area contributed by atoms with E-state index in [-0.39, 0.29) is 5.91 Å². The summed E-state index contributed by atoms with van der Waals surface area (Å²) in [6, 6.07) is 9.00. The van der Waals surface area contributed by atoms with Crippen LogP contribution in [0, 0.1) is 0 Å². The van der Waals surface area contributed by atoms with Crippen LogP contribution in [-0.2, 0) is 0 Å². The van der Waals surface area contributed by atoms with Crippen molar-refractivity contribution in [3.8, 4) is 5.88 Å². The van der Waals surface area contributed by atoms with E-state index in [9.17, 15) is 4.79 Å². The molecule has 0 atom stereocenters. The highest BCUT2D eigenvalue weighted by atomic mass is 35.5. The first-order valence-electron chi connectivity index (χ1n) is 8.12. The number of nitrogens with zero attached hydrogens (tertiary/aromatic N) is 2. The van der Waals surface area contributed by atoms with Crippen molar-refractivity contribution >= 4 is 28.9 Å². The molecule has 24 heavy (non-hydrogen) atoms. The average molecular weight is 346 g/mol. The monoisotopic (exact) mass is 345 g/mol. The van der Waals surface area contributed by atoms with Crippen LogP contribution in [-0.4, -0.2) is 30.6 Å². The Bertz CT molecular complexity index is 730. The third-order valence-electron chi connectivity index (χ3n) is 3.95. The van der Waals surface area contributed by atoms with Crippen molar-refractivity contribution in [3.05, 3.63) is 47.1 Å². The Labute approximate surface area is 146 Å². The normalized spacial score (nSPS) is 13.8. The fraction of sp³-hybridized carbons (Fsp3) is 0.333. The molecule has 0 unspecified atom stereocenters. The molecule has 0 radical (unpaired) electrons. The third-order valence-corrected chi connectivity index (χ3v) is 4.19. The highest BCUT2D eigenvalue weighted by Gasteiger charge is 2.19. The van der Waals surface area contributed by atoms with Crippen LogP contribution in [0.5, 0.6) is 5.88 Å². The molecule has 0 spiro atoms. The van der Waals surface area contributed by atoms with Gasteiger partial charge in [-0.1, -0.05) is 11.6 Å². The smallest absolute Gasteiger partial charge is 0.261 e. The molecular formula is C18H20ClN3O2. The number of rotatable bonds is 5. The number of benzene rings is 1. The minimum absolute atomic E-state index is 0.255. The fourth-order valence-electron chi connectivity index (χ4n) is 2.85. The number of anilines is 2. The van der Waals surface area contributed by atoms with Crippen LogP contribution in [0.2, 0.25) is 5.02 Å². The van der Waals surface area contributed by atoms with Crippen molar-refractivity contribution in [2.75, 3.05) is 29.9 Å². The molecule has 0 saturated carbocycles. The first-order chi connectivity index (χ1) is 11.7. The van der Waals surface area contributed by atoms with Crippen molar-refractivity contribution < 1.29 is 9.53 Å². The van der Waals surface area contributed by atoms with E-state index in [0.717, 1.165) is 31.6 Å². The van der Waals surface area contributed by atoms with Crippen LogP contribution in [0.3, 0.4) is 0 Å². The zero-order valence-corrected chi connectivity index (χ0v) is 14.3. The predicted octanol–water partition coefficient (Wildman–Crippen LogP) is 3.99. The molecule has 0 bridgehead atoms. The highest BCUT2D eigenvalue weighted by Crippen LogP contribution is 2.32. The Morgan fingerprint density at radius 1 is 1.33 bits per heavy atom. The van der Waals surface area contributed by atoms with Gasteiger partial charge in [-0.25, -0.2) is 4.98 Å². The Kier molecular flexibility index (Phi) is 5.20. The maximum absolute atomic E-state index is 12.7. The lowest BCUT2D eigenvalue weighted by Crippen LogP contribution is -2.21. The molecular weight excluding hydrogens is 326 g/mol. The SMILES string of the molecule is CCOc1ncccc1C(=O)Nc1cc(Cl)ccc1N1CCCC1. The van der Waals surface area contributed by atoms with E-state index < -0.39 is 0 Å². The van der Waals surface area contributed by atoms with Crippen LogP contribution < -0.4 is 15.0 Å². The number of ether oxygens (including phenoxy) is 1. The van der Waals surface area contributed by atoms with Crippen molar-refractivity contribution in [2.45, 2.75) is 19.8 Å². The van der Waals surface area contributed by atoms with E-state index in [1.54, 1.807) is 24.4 Å². The molecule has 3 rings (SSSR count). The largest absolute Gasteiger partial charge is 0.477 e. The predicted molar refractivity (Wildman–Crippen MR) is 96.3 cm³/mol. The molecule has 0 aliphatic carbocycles. The molecule has 2 aromatic rings. The molecule has 1 amide bonds. The number of pyridine rings is 1. The average Bonchev–Trinajstić information content (AvgIpc) is 3.10. The fourth-order valence-corrected chi connectivity index (χ4v) is 3.02. The summed E-state index contributed by atoms with van der Waals surface area (Å²) in [5.41, 5.74) is 2.11. The second-order valence-electron chi connectivity index (χ2n) is 5.60. The second-order valence-corrected chi connectivity index (χ2v) is 6.04. The maximum Gasteiger partial charge on any atom is 0.261 e. The quantitative estimate of drug-likeness (QED) is 0.890. The molecule has 1 aliphatic rings. The first kappa shape index (κ1) is 16.6. The van der Waals surface area contributed by atoms with Gasteiger partial charge in [-0.15, -0.1) is 0 Å². The topological polar surface area (TPSA) is 54.5 Å². The Morgan fingerprint density at radius 2 is 2.12 bits per heavy atom. The van der Waals surface area contributed by atoms with E-state index in [1.165, 1.54) is 0 Å². The number of hydrogen-bond acceptors (Lipinski definition) is 4. The number of halogens is 1. The Balaban J connectivity index is 1.88. The molecule has 1 aliphatic heterocycles. The summed E-state index contributed by atoms with van der Waals surface area (Å²) in [7, 11) is 0. The van der Waals surface area contributed by atoms with Crippen molar-refractivity contribution in [1.82, 2.24) is 4.98 Å². The van der Waals surface area contributed by atoms with Crippen LogP contribution in [0.15, 0.2) is 36.5 Å². The molecule has 5 nitrogen and oxygen atoms in total. The number of amides is 1. The molecule has 1 N–H and O–H groups in total. The van der Waals surface area contributed by atoms with E-state index in [1.807, 2.05) is 19.1 Å². The van der Waals surface area contributed by atoms with Crippen molar-refractivity contribution in [3.63, 3.8) is 0 Å². The minimum Gasteiger partial charge on any atom is -0.477 e. The lowest BCUT2D eigenvalue weighted by Gasteiger charge is -2.22. The molecule has 1 fully saturated rings. The molecule has 1 saturated heterocycles. The molecule has 6 heteroatoms. The summed E-state index contributed by atoms with van der Waals surface area (Å²) < 4.78 is 5.44. The van der Waals surface area contributed by atoms with E-state index in [2.05, 4.69) is 15.2 Å². The summed E-state index contributed by atoms with van der Waals surface area (Å²) in [5, 5.41) is 3.55. The van der Waals surface area contributed by atoms with Crippen LogP contribution in [0.1, 0.15) is 30.1 Å². The van der Waals surface area contributed by atoms with Gasteiger partial charge in [0, 0.05) is 24.3 Å². The van der Waals surface area contributed by atoms with E-state index in [0.29, 0.717) is 28.8 Å². The molecule has 126 valence electrons. The van der Waals surface area contributed by atoms with Crippen LogP contribution in [0.4, 0.5) is 11.4 Å². The number of carbonyl (C=O) groups is 1. The number of nitrogens with one attached hydrogen (secondary N) is 1. The summed E-state index contributed by atoms with van der Waals surface area (Å²) in [5.74, 6) is 0.0801. The lowest BCUT2D eigenvalue weighted by atomic mass is 10.2. The van der Waals surface area contributed by atoms with Gasteiger partial charge < -0.3 is 15.0 Å². The highest BCUT2D eigenvalue weighted by molar-refractivity contribution is 6.31. The zero-order valence-electron chi connectivity index (χ0n) is 13.6. The summed E-state index contributed by atoms with van der Waals surface area (Å²) in [6.45, 7) is 4.29. The summed E-state index contributed by atoms with van der Waals surface area (Å²) in [4.78, 5) is 19.1. The van der Waals surface area contributed by atoms with Crippen molar-refractivity contribution in [1.29, 1.82) is 0 Å². The van der Waals surface area contributed by atoms with Gasteiger partial charge in [0.1, 0.15) is 5.56 Å². The Hall–Kier alpha value is -2.27. The molecule has 2 heterocycles.